The normalized spacial score (nSPS) is 18.2. The Morgan fingerprint density at radius 3 is 2.80 bits per heavy atom. The molecule has 30 heavy (non-hydrogen) atoms. The van der Waals surface area contributed by atoms with Crippen molar-refractivity contribution in [3.63, 3.8) is 0 Å². The van der Waals surface area contributed by atoms with Gasteiger partial charge in [0, 0.05) is 55.9 Å². The Morgan fingerprint density at radius 2 is 2.10 bits per heavy atom. The maximum atomic E-state index is 12.7. The highest BCUT2D eigenvalue weighted by Gasteiger charge is 2.29. The highest BCUT2D eigenvalue weighted by Crippen LogP contribution is 2.32. The topological polar surface area (TPSA) is 47.4 Å². The number of pyridine rings is 1. The second-order valence-electron chi connectivity index (χ2n) is 8.47. The van der Waals surface area contributed by atoms with E-state index in [0.717, 1.165) is 27.7 Å². The van der Waals surface area contributed by atoms with E-state index < -0.39 is 25.4 Å². The molecule has 0 fully saturated rings. The third-order valence-electron chi connectivity index (χ3n) is 5.04. The van der Waals surface area contributed by atoms with Gasteiger partial charge in [-0.05, 0) is 64.3 Å². The Labute approximate surface area is 186 Å². The number of nitrogens with zero attached hydrogens (tertiary/aromatic N) is 3. The van der Waals surface area contributed by atoms with E-state index >= 15 is 0 Å². The van der Waals surface area contributed by atoms with Crippen molar-refractivity contribution in [2.45, 2.75) is 53.0 Å². The summed E-state index contributed by atoms with van der Waals surface area (Å²) in [7, 11) is 0. The molecule has 1 aromatic carbocycles. The van der Waals surface area contributed by atoms with E-state index in [9.17, 15) is 4.79 Å². The van der Waals surface area contributed by atoms with Crippen LogP contribution < -0.4 is 0 Å². The van der Waals surface area contributed by atoms with Crippen molar-refractivity contribution in [2.24, 2.45) is 0 Å². The minimum Gasteiger partial charge on any atom is -0.444 e. The summed E-state index contributed by atoms with van der Waals surface area (Å²) in [6.45, 7) is 1.71. The van der Waals surface area contributed by atoms with Gasteiger partial charge in [-0.2, -0.15) is 0 Å². The number of benzene rings is 1. The van der Waals surface area contributed by atoms with Crippen molar-refractivity contribution in [2.75, 3.05) is 6.54 Å². The van der Waals surface area contributed by atoms with Crippen LogP contribution in [0.2, 0.25) is 0 Å². The van der Waals surface area contributed by atoms with Gasteiger partial charge in [0.2, 0.25) is 0 Å². The van der Waals surface area contributed by atoms with Gasteiger partial charge in [-0.3, -0.25) is 4.98 Å². The van der Waals surface area contributed by atoms with Crippen molar-refractivity contribution in [3.05, 3.63) is 64.6 Å². The first-order chi connectivity index (χ1) is 16.6. The van der Waals surface area contributed by atoms with Gasteiger partial charge in [0.25, 0.3) is 0 Å². The van der Waals surface area contributed by atoms with Gasteiger partial charge >= 0.3 is 6.09 Å². The average molecular weight is 410 g/mol. The second kappa shape index (κ2) is 7.63. The molecule has 0 saturated carbocycles. The summed E-state index contributed by atoms with van der Waals surface area (Å²) in [6.07, 6.45) is 5.36. The fourth-order valence-corrected chi connectivity index (χ4v) is 3.71. The van der Waals surface area contributed by atoms with Crippen LogP contribution in [-0.2, 0) is 17.7 Å². The molecular weight excluding hydrogens is 374 g/mol. The van der Waals surface area contributed by atoms with Crippen molar-refractivity contribution >= 4 is 29.3 Å². The Kier molecular flexibility index (Phi) is 3.57. The van der Waals surface area contributed by atoms with E-state index in [-0.39, 0.29) is 11.3 Å². The number of amides is 1. The minimum absolute atomic E-state index is 0.0304. The first-order valence-corrected chi connectivity index (χ1v) is 9.92. The molecule has 0 unspecified atom stereocenters. The predicted molar refractivity (Wildman–Crippen MR) is 121 cm³/mol. The molecule has 1 amide bonds. The molecule has 156 valence electrons. The fourth-order valence-electron chi connectivity index (χ4n) is 3.71. The molecule has 0 bridgehead atoms. The summed E-state index contributed by atoms with van der Waals surface area (Å²) in [5.41, 5.74) is 3.06. The van der Waals surface area contributed by atoms with E-state index in [1.807, 2.05) is 37.6 Å². The van der Waals surface area contributed by atoms with Crippen LogP contribution in [0.25, 0.3) is 23.2 Å². The molecule has 1 aliphatic rings. The van der Waals surface area contributed by atoms with Gasteiger partial charge in [-0.1, -0.05) is 17.7 Å². The molecule has 3 heterocycles. The summed E-state index contributed by atoms with van der Waals surface area (Å²) >= 11 is 0. The van der Waals surface area contributed by atoms with Crippen molar-refractivity contribution < 1.29 is 17.8 Å². The summed E-state index contributed by atoms with van der Waals surface area (Å²) in [5, 5.41) is 0.771. The molecule has 3 aromatic rings. The maximum Gasteiger partial charge on any atom is 0.410 e. The largest absolute Gasteiger partial charge is 0.444 e. The third-order valence-corrected chi connectivity index (χ3v) is 5.04. The summed E-state index contributed by atoms with van der Waals surface area (Å²) in [6, 6.07) is 8.24. The number of carbonyl (C=O) groups excluding carboxylic acids is 1. The first kappa shape index (κ1) is 14.0. The molecule has 4 rings (SSSR count). The summed E-state index contributed by atoms with van der Waals surface area (Å²) in [5.74, 6) is 0. The Hall–Kier alpha value is -3.08. The van der Waals surface area contributed by atoms with Crippen LogP contribution in [0.5, 0.6) is 0 Å². The number of aromatic nitrogens is 2. The fraction of sp³-hybridized carbons (Fsp3) is 0.360. The van der Waals surface area contributed by atoms with Gasteiger partial charge in [0.1, 0.15) is 5.60 Å². The van der Waals surface area contributed by atoms with Crippen molar-refractivity contribution in [1.29, 1.82) is 0 Å². The molecule has 0 saturated heterocycles. The predicted octanol–water partition coefficient (Wildman–Crippen LogP) is 5.57. The Bertz CT molecular complexity index is 1320. The number of ether oxygens (including phenoxy) is 1. The zero-order valence-electron chi connectivity index (χ0n) is 23.4. The molecule has 5 heteroatoms. The van der Waals surface area contributed by atoms with E-state index in [1.54, 1.807) is 29.2 Å². The SMILES string of the molecule is [2H]C([2H])([2H])c1ccc2c(c1)c1c(n2C=Cc2ccc(C([2H])([2H])[2H])nc2)CCN(C(=O)OC(C)(C)C)C1. The molecule has 0 radical (unpaired) electrons. The molecule has 0 spiro atoms. The molecule has 0 aliphatic carbocycles. The van der Waals surface area contributed by atoms with Crippen LogP contribution in [0.4, 0.5) is 4.79 Å². The second-order valence-corrected chi connectivity index (χ2v) is 8.47. The molecule has 2 aromatic heterocycles. The molecule has 5 nitrogen and oxygen atoms in total. The van der Waals surface area contributed by atoms with Crippen molar-refractivity contribution in [1.82, 2.24) is 14.5 Å². The lowest BCUT2D eigenvalue weighted by Gasteiger charge is -2.30. The number of rotatable bonds is 2. The number of hydrogen-bond acceptors (Lipinski definition) is 3. The van der Waals surface area contributed by atoms with Gasteiger partial charge in [0.05, 0.1) is 12.1 Å². The van der Waals surface area contributed by atoms with Crippen LogP contribution in [0, 0.1) is 13.7 Å². The summed E-state index contributed by atoms with van der Waals surface area (Å²) in [4.78, 5) is 18.4. The van der Waals surface area contributed by atoms with Crippen LogP contribution in [-0.4, -0.2) is 32.7 Å². The van der Waals surface area contributed by atoms with Crippen LogP contribution >= 0.6 is 0 Å². The zero-order valence-corrected chi connectivity index (χ0v) is 17.4. The number of aryl methyl sites for hydroxylation is 2. The zero-order chi connectivity index (χ0) is 26.5. The third kappa shape index (κ3) is 4.11. The van der Waals surface area contributed by atoms with Crippen LogP contribution in [0.3, 0.4) is 0 Å². The minimum atomic E-state index is -2.27. The van der Waals surface area contributed by atoms with Gasteiger partial charge in [-0.25, -0.2) is 4.79 Å². The number of hydrogen-bond donors (Lipinski definition) is 0. The standard InChI is InChI=1S/C25H29N3O2/c1-17-6-9-22-20(14-17)21-16-27(24(29)30-25(3,4)5)12-11-23(21)28(22)13-10-19-8-7-18(2)26-15-19/h6-10,13-15H,11-12,16H2,1-5H3/i1D3,2D3. The van der Waals surface area contributed by atoms with Gasteiger partial charge in [0.15, 0.2) is 0 Å². The lowest BCUT2D eigenvalue weighted by Crippen LogP contribution is -2.40. The quantitative estimate of drug-likeness (QED) is 0.555. The van der Waals surface area contributed by atoms with Gasteiger partial charge < -0.3 is 14.2 Å². The highest BCUT2D eigenvalue weighted by molar-refractivity contribution is 5.89. The highest BCUT2D eigenvalue weighted by atomic mass is 16.6. The first-order valence-electron chi connectivity index (χ1n) is 12.9. The van der Waals surface area contributed by atoms with E-state index in [0.29, 0.717) is 19.5 Å². The smallest absolute Gasteiger partial charge is 0.410 e. The van der Waals surface area contributed by atoms with E-state index in [4.69, 9.17) is 13.0 Å². The van der Waals surface area contributed by atoms with E-state index in [2.05, 4.69) is 4.98 Å². The monoisotopic (exact) mass is 409 g/mol. The van der Waals surface area contributed by atoms with Crippen LogP contribution in [0.15, 0.2) is 36.5 Å². The lowest BCUT2D eigenvalue weighted by atomic mass is 10.0. The molecule has 0 atom stereocenters. The maximum absolute atomic E-state index is 12.7. The van der Waals surface area contributed by atoms with Gasteiger partial charge in [-0.15, -0.1) is 0 Å². The van der Waals surface area contributed by atoms with Crippen molar-refractivity contribution in [3.8, 4) is 0 Å². The number of carbonyl (C=O) groups is 1. The average Bonchev–Trinajstić information content (AvgIpc) is 3.08. The Balaban J connectivity index is 1.75. The lowest BCUT2D eigenvalue weighted by molar-refractivity contribution is 0.0224. The molecule has 0 N–H and O–H groups in total. The number of fused-ring (bicyclic) bond motifs is 3. The molecular formula is C25H29N3O2. The van der Waals surface area contributed by atoms with Crippen LogP contribution in [0.1, 0.15) is 57.1 Å². The summed E-state index contributed by atoms with van der Waals surface area (Å²) < 4.78 is 53.5. The Morgan fingerprint density at radius 1 is 1.23 bits per heavy atom. The molecule has 1 aliphatic heterocycles. The van der Waals surface area contributed by atoms with E-state index in [1.165, 1.54) is 12.3 Å².